The molecule has 3 aromatic rings. The summed E-state index contributed by atoms with van der Waals surface area (Å²) < 4.78 is 1.39. The molecule has 1 saturated heterocycles. The minimum absolute atomic E-state index is 0.254. The molecule has 1 aromatic heterocycles. The first-order valence-electron chi connectivity index (χ1n) is 24.0. The van der Waals surface area contributed by atoms with Crippen LogP contribution in [0.5, 0.6) is 0 Å². The number of nitrogens with zero attached hydrogens (tertiary/aromatic N) is 3. The van der Waals surface area contributed by atoms with Gasteiger partial charge in [0, 0.05) is 50.4 Å². The Bertz CT molecular complexity index is 2770. The first kappa shape index (κ1) is 39.2. The summed E-state index contributed by atoms with van der Waals surface area (Å²) in [5.41, 5.74) is 12.5. The van der Waals surface area contributed by atoms with Gasteiger partial charge in [-0.15, -0.1) is 11.3 Å². The summed E-state index contributed by atoms with van der Waals surface area (Å²) in [5, 5.41) is 5.28. The van der Waals surface area contributed by atoms with E-state index in [-0.39, 0.29) is 12.1 Å². The fraction of sp³-hybridized carbons (Fsp3) is 0.345. The van der Waals surface area contributed by atoms with Gasteiger partial charge in [-0.1, -0.05) is 147 Å². The highest BCUT2D eigenvalue weighted by atomic mass is 32.1. The van der Waals surface area contributed by atoms with Crippen LogP contribution in [0.2, 0.25) is 0 Å². The molecular weight excluding hydrogens is 785 g/mol. The van der Waals surface area contributed by atoms with Crippen molar-refractivity contribution < 1.29 is 0 Å². The van der Waals surface area contributed by atoms with Crippen molar-refractivity contribution in [2.75, 3.05) is 0 Å². The Morgan fingerprint density at radius 3 is 2.54 bits per heavy atom. The van der Waals surface area contributed by atoms with Crippen molar-refractivity contribution in [3.63, 3.8) is 0 Å². The van der Waals surface area contributed by atoms with Crippen molar-refractivity contribution >= 4 is 50.3 Å². The zero-order chi connectivity index (χ0) is 41.9. The zero-order valence-electron chi connectivity index (χ0n) is 36.5. The van der Waals surface area contributed by atoms with Crippen LogP contribution in [-0.2, 0) is 0 Å². The number of thiophene rings is 1. The van der Waals surface area contributed by atoms with Crippen LogP contribution >= 0.6 is 11.3 Å². The van der Waals surface area contributed by atoms with Gasteiger partial charge >= 0.3 is 0 Å². The highest BCUT2D eigenvalue weighted by Crippen LogP contribution is 2.56. The molecule has 0 spiro atoms. The second-order valence-electron chi connectivity index (χ2n) is 19.2. The fourth-order valence-corrected chi connectivity index (χ4v) is 13.6. The first-order chi connectivity index (χ1) is 31.2. The monoisotopic (exact) mass is 842 g/mol. The average Bonchev–Trinajstić information content (AvgIpc) is 3.91. The van der Waals surface area contributed by atoms with Gasteiger partial charge in [0.25, 0.3) is 0 Å². The van der Waals surface area contributed by atoms with E-state index in [9.17, 15) is 0 Å². The van der Waals surface area contributed by atoms with Gasteiger partial charge in [0.2, 0.25) is 0 Å². The SMILES string of the molecule is CC1CCC=CC1C1=NC(C2=C(c3cccc4sc5c(c34)C=CC3C4=CC=CCC4N(C4C=CC=CC4)C53)CCC(c3cccc(C4C=CC=CC4)c3)=C2)N=C(C2=CCCCC2)N1. The Labute approximate surface area is 377 Å². The average molecular weight is 843 g/mol. The van der Waals surface area contributed by atoms with E-state index in [1.165, 1.54) is 78.8 Å². The van der Waals surface area contributed by atoms with Gasteiger partial charge in [-0.25, -0.2) is 9.98 Å². The third-order valence-electron chi connectivity index (χ3n) is 15.4. The maximum absolute atomic E-state index is 5.70. The number of likely N-dealkylation sites (tertiary alicyclic amines) is 1. The Hall–Kier alpha value is -5.36. The molecule has 12 rings (SSSR count). The predicted molar refractivity (Wildman–Crippen MR) is 267 cm³/mol. The molecule has 3 heterocycles. The number of nitrogens with one attached hydrogen (secondary N) is 1. The van der Waals surface area contributed by atoms with E-state index in [0.29, 0.717) is 35.9 Å². The van der Waals surface area contributed by atoms with Crippen LogP contribution in [0.15, 0.2) is 166 Å². The van der Waals surface area contributed by atoms with Crippen molar-refractivity contribution in [3.05, 3.63) is 184 Å². The molecule has 0 radical (unpaired) electrons. The number of hydrogen-bond donors (Lipinski definition) is 1. The zero-order valence-corrected chi connectivity index (χ0v) is 37.3. The third kappa shape index (κ3) is 7.07. The maximum Gasteiger partial charge on any atom is 0.169 e. The number of hydrogen-bond acceptors (Lipinski definition) is 5. The van der Waals surface area contributed by atoms with E-state index in [1.54, 1.807) is 5.57 Å². The Morgan fingerprint density at radius 2 is 1.68 bits per heavy atom. The van der Waals surface area contributed by atoms with E-state index in [4.69, 9.17) is 9.98 Å². The topological polar surface area (TPSA) is 40.0 Å². The van der Waals surface area contributed by atoms with Crippen molar-refractivity contribution in [2.24, 2.45) is 27.7 Å². The van der Waals surface area contributed by atoms with Crippen LogP contribution in [0.4, 0.5) is 0 Å². The molecule has 7 aliphatic carbocycles. The number of rotatable bonds is 7. The van der Waals surface area contributed by atoms with Crippen LogP contribution in [0.1, 0.15) is 117 Å². The molecule has 8 atom stereocenters. The molecule has 1 fully saturated rings. The second-order valence-corrected chi connectivity index (χ2v) is 20.2. The molecule has 2 aliphatic heterocycles. The molecule has 5 heteroatoms. The van der Waals surface area contributed by atoms with Gasteiger partial charge in [0.05, 0.1) is 6.04 Å². The second kappa shape index (κ2) is 16.6. The molecule has 9 aliphatic rings. The van der Waals surface area contributed by atoms with E-state index in [0.717, 1.165) is 63.0 Å². The molecule has 0 saturated carbocycles. The lowest BCUT2D eigenvalue weighted by Gasteiger charge is -2.37. The Balaban J connectivity index is 1.03. The summed E-state index contributed by atoms with van der Waals surface area (Å²) in [6.45, 7) is 2.40. The number of amidine groups is 2. The lowest BCUT2D eigenvalue weighted by Crippen LogP contribution is -2.43. The molecular formula is C58H58N4S. The van der Waals surface area contributed by atoms with Crippen molar-refractivity contribution in [1.29, 1.82) is 0 Å². The first-order valence-corrected chi connectivity index (χ1v) is 24.8. The molecule has 2 aromatic carbocycles. The van der Waals surface area contributed by atoms with Gasteiger partial charge in [0.1, 0.15) is 11.7 Å². The highest BCUT2D eigenvalue weighted by molar-refractivity contribution is 7.19. The third-order valence-corrected chi connectivity index (χ3v) is 16.7. The summed E-state index contributed by atoms with van der Waals surface area (Å²) in [6, 6.07) is 17.7. The van der Waals surface area contributed by atoms with Gasteiger partial charge in [0.15, 0.2) is 6.17 Å². The summed E-state index contributed by atoms with van der Waals surface area (Å²) >= 11 is 2.04. The molecule has 1 N–H and O–H groups in total. The summed E-state index contributed by atoms with van der Waals surface area (Å²) in [4.78, 5) is 15.8. The van der Waals surface area contributed by atoms with Crippen LogP contribution in [0, 0.1) is 17.8 Å². The smallest absolute Gasteiger partial charge is 0.169 e. The Kier molecular flexibility index (Phi) is 10.4. The molecule has 316 valence electrons. The minimum Gasteiger partial charge on any atom is -0.328 e. The maximum atomic E-state index is 5.70. The van der Waals surface area contributed by atoms with Crippen molar-refractivity contribution in [2.45, 2.75) is 108 Å². The molecule has 0 amide bonds. The fourth-order valence-electron chi connectivity index (χ4n) is 12.2. The van der Waals surface area contributed by atoms with Gasteiger partial charge in [-0.3, -0.25) is 4.90 Å². The van der Waals surface area contributed by atoms with Crippen LogP contribution in [0.3, 0.4) is 0 Å². The van der Waals surface area contributed by atoms with Gasteiger partial charge in [-0.2, -0.15) is 0 Å². The molecule has 4 nitrogen and oxygen atoms in total. The van der Waals surface area contributed by atoms with Crippen LogP contribution in [-0.4, -0.2) is 34.8 Å². The van der Waals surface area contributed by atoms with E-state index >= 15 is 0 Å². The quantitative estimate of drug-likeness (QED) is 0.241. The largest absolute Gasteiger partial charge is 0.328 e. The summed E-state index contributed by atoms with van der Waals surface area (Å²) in [7, 11) is 0. The van der Waals surface area contributed by atoms with Gasteiger partial charge < -0.3 is 5.32 Å². The molecule has 0 bridgehead atoms. The number of fused-ring (bicyclic) bond motifs is 7. The van der Waals surface area contributed by atoms with E-state index < -0.39 is 0 Å². The number of aliphatic imine (C=N–C) groups is 2. The van der Waals surface area contributed by atoms with Crippen LogP contribution < -0.4 is 5.32 Å². The van der Waals surface area contributed by atoms with Crippen molar-refractivity contribution in [3.8, 4) is 0 Å². The predicted octanol–water partition coefficient (Wildman–Crippen LogP) is 14.1. The van der Waals surface area contributed by atoms with E-state index in [2.05, 4.69) is 163 Å². The lowest BCUT2D eigenvalue weighted by atomic mass is 9.80. The number of benzene rings is 2. The summed E-state index contributed by atoms with van der Waals surface area (Å²) in [5.74, 6) is 3.71. The molecule has 8 unspecified atom stereocenters. The van der Waals surface area contributed by atoms with Gasteiger partial charge in [-0.05, 0) is 127 Å². The minimum atomic E-state index is -0.329. The van der Waals surface area contributed by atoms with E-state index in [1.807, 2.05) is 11.3 Å². The Morgan fingerprint density at radius 1 is 0.778 bits per heavy atom. The van der Waals surface area contributed by atoms with Crippen LogP contribution in [0.25, 0.3) is 27.3 Å². The lowest BCUT2D eigenvalue weighted by molar-refractivity contribution is 0.154. The standard InChI is InChI=1S/C58H58N4S/c1-37-17-11-12-26-44(37)57-59-56(39-20-7-3-8-21-39)60-58(61-57)50-36-42(41-23-15-22-40(35-41)38-18-5-2-6-19-38)31-32-45(50)47-28-16-30-52-53(47)49-34-33-48-46-27-13-14-29-51(46)62(54(48)55(49)63-52)43-24-9-4-10-25-43/h2,4-6,9-10,12-16,18,20,22-24,26-28,30,33-38,43-44,48,51,54,58H,3,7-8,11,17,19,21,25,29,31-32H2,1H3,(H,59,60,61). The number of allylic oxidation sites excluding steroid dienone is 12. The normalized spacial score (nSPS) is 30.9. The van der Waals surface area contributed by atoms with Crippen molar-refractivity contribution in [1.82, 2.24) is 10.2 Å². The summed E-state index contributed by atoms with van der Waals surface area (Å²) in [6.07, 6.45) is 52.0. The molecule has 63 heavy (non-hydrogen) atoms. The highest BCUT2D eigenvalue weighted by Gasteiger charge is 2.49.